The van der Waals surface area contributed by atoms with Crippen LogP contribution in [0, 0.1) is 6.92 Å². The van der Waals surface area contributed by atoms with E-state index in [9.17, 15) is 9.59 Å². The molecular weight excluding hydrogens is 428 g/mol. The maximum absolute atomic E-state index is 12.8. The topological polar surface area (TPSA) is 91.6 Å². The van der Waals surface area contributed by atoms with E-state index in [0.717, 1.165) is 34.1 Å². The highest BCUT2D eigenvalue weighted by atomic mass is 16.2. The number of hydrogen-bond donors (Lipinski definition) is 2. The standard InChI is InChI=1S/C26H28N6O2/c1-18-26(31(3)16-20-7-10-23(11-8-20)30-19(2)33)32-17-21(9-12-24(32)29-18)25(34)28-15-13-22-6-4-5-14-27-22/h4-12,14,17H,13,15-16H2,1-3H3,(H,28,34)(H,30,33). The minimum atomic E-state index is -0.133. The molecule has 0 saturated carbocycles. The minimum Gasteiger partial charge on any atom is -0.355 e. The van der Waals surface area contributed by atoms with Gasteiger partial charge in [0, 0.05) is 57.3 Å². The Balaban J connectivity index is 1.48. The first-order valence-corrected chi connectivity index (χ1v) is 11.1. The predicted octanol–water partition coefficient (Wildman–Crippen LogP) is 3.61. The number of amides is 2. The number of carbonyl (C=O) groups is 2. The molecule has 8 nitrogen and oxygen atoms in total. The van der Waals surface area contributed by atoms with Crippen molar-refractivity contribution >= 4 is 29.0 Å². The van der Waals surface area contributed by atoms with Gasteiger partial charge in [0.05, 0.1) is 11.3 Å². The van der Waals surface area contributed by atoms with Gasteiger partial charge in [-0.05, 0) is 48.9 Å². The molecule has 0 saturated heterocycles. The van der Waals surface area contributed by atoms with Gasteiger partial charge in [0.25, 0.3) is 5.91 Å². The van der Waals surface area contributed by atoms with Gasteiger partial charge in [0.1, 0.15) is 11.5 Å². The molecule has 4 rings (SSSR count). The van der Waals surface area contributed by atoms with E-state index < -0.39 is 0 Å². The van der Waals surface area contributed by atoms with Crippen LogP contribution in [0.15, 0.2) is 67.0 Å². The van der Waals surface area contributed by atoms with Gasteiger partial charge in [0.2, 0.25) is 5.91 Å². The number of hydrogen-bond acceptors (Lipinski definition) is 5. The van der Waals surface area contributed by atoms with Crippen LogP contribution in [0.2, 0.25) is 0 Å². The number of nitrogens with one attached hydrogen (secondary N) is 2. The summed E-state index contributed by atoms with van der Waals surface area (Å²) in [6.07, 6.45) is 4.26. The summed E-state index contributed by atoms with van der Waals surface area (Å²) in [6.45, 7) is 4.61. The van der Waals surface area contributed by atoms with Gasteiger partial charge < -0.3 is 15.5 Å². The summed E-state index contributed by atoms with van der Waals surface area (Å²) in [4.78, 5) is 35.0. The molecule has 0 unspecified atom stereocenters. The van der Waals surface area contributed by atoms with E-state index in [4.69, 9.17) is 0 Å². The second kappa shape index (κ2) is 10.2. The van der Waals surface area contributed by atoms with Crippen LogP contribution in [0.4, 0.5) is 11.5 Å². The lowest BCUT2D eigenvalue weighted by atomic mass is 10.2. The van der Waals surface area contributed by atoms with Crippen molar-refractivity contribution in [3.63, 3.8) is 0 Å². The van der Waals surface area contributed by atoms with Crippen molar-refractivity contribution in [1.29, 1.82) is 0 Å². The molecule has 34 heavy (non-hydrogen) atoms. The molecule has 2 N–H and O–H groups in total. The number of pyridine rings is 2. The van der Waals surface area contributed by atoms with Crippen molar-refractivity contribution in [3.8, 4) is 0 Å². The minimum absolute atomic E-state index is 0.0946. The van der Waals surface area contributed by atoms with Crippen molar-refractivity contribution in [2.75, 3.05) is 23.8 Å². The van der Waals surface area contributed by atoms with Crippen LogP contribution < -0.4 is 15.5 Å². The Hall–Kier alpha value is -4.20. The molecule has 4 aromatic rings. The van der Waals surface area contributed by atoms with Crippen molar-refractivity contribution in [3.05, 3.63) is 89.5 Å². The van der Waals surface area contributed by atoms with E-state index in [0.29, 0.717) is 25.1 Å². The number of nitrogens with zero attached hydrogens (tertiary/aromatic N) is 4. The summed E-state index contributed by atoms with van der Waals surface area (Å²) >= 11 is 0. The first kappa shape index (κ1) is 23.0. The van der Waals surface area contributed by atoms with Gasteiger partial charge in [-0.15, -0.1) is 0 Å². The Morgan fingerprint density at radius 3 is 2.56 bits per heavy atom. The largest absolute Gasteiger partial charge is 0.355 e. The summed E-state index contributed by atoms with van der Waals surface area (Å²) < 4.78 is 1.95. The second-order valence-corrected chi connectivity index (χ2v) is 8.23. The molecule has 0 fully saturated rings. The Morgan fingerprint density at radius 1 is 1.06 bits per heavy atom. The van der Waals surface area contributed by atoms with Crippen molar-refractivity contribution < 1.29 is 9.59 Å². The number of rotatable bonds is 8. The van der Waals surface area contributed by atoms with E-state index in [2.05, 4.69) is 25.5 Å². The third kappa shape index (κ3) is 5.40. The molecule has 0 radical (unpaired) electrons. The summed E-state index contributed by atoms with van der Waals surface area (Å²) in [6, 6.07) is 17.2. The number of carbonyl (C=O) groups excluding carboxylic acids is 2. The third-order valence-electron chi connectivity index (χ3n) is 5.47. The average Bonchev–Trinajstić information content (AvgIpc) is 3.15. The fourth-order valence-corrected chi connectivity index (χ4v) is 3.94. The lowest BCUT2D eigenvalue weighted by molar-refractivity contribution is -0.114. The highest BCUT2D eigenvalue weighted by molar-refractivity contribution is 5.94. The van der Waals surface area contributed by atoms with Crippen molar-refractivity contribution in [2.24, 2.45) is 0 Å². The Morgan fingerprint density at radius 2 is 1.85 bits per heavy atom. The summed E-state index contributed by atoms with van der Waals surface area (Å²) in [5.41, 5.74) is 5.03. The maximum Gasteiger partial charge on any atom is 0.252 e. The fourth-order valence-electron chi connectivity index (χ4n) is 3.94. The SMILES string of the molecule is CC(=O)Nc1ccc(CN(C)c2c(C)nc3ccc(C(=O)NCCc4ccccn4)cn23)cc1. The van der Waals surface area contributed by atoms with Crippen molar-refractivity contribution in [1.82, 2.24) is 19.7 Å². The van der Waals surface area contributed by atoms with Gasteiger partial charge >= 0.3 is 0 Å². The van der Waals surface area contributed by atoms with E-state index in [1.807, 2.05) is 73.1 Å². The molecule has 0 aliphatic rings. The van der Waals surface area contributed by atoms with Crippen LogP contribution in [0.1, 0.15) is 34.2 Å². The zero-order valence-corrected chi connectivity index (χ0v) is 19.6. The van der Waals surface area contributed by atoms with Crippen LogP contribution >= 0.6 is 0 Å². The highest BCUT2D eigenvalue weighted by Crippen LogP contribution is 2.24. The molecule has 0 bridgehead atoms. The summed E-state index contributed by atoms with van der Waals surface area (Å²) in [5, 5.41) is 5.75. The van der Waals surface area contributed by atoms with Crippen molar-refractivity contribution in [2.45, 2.75) is 26.8 Å². The first-order chi connectivity index (χ1) is 16.4. The van der Waals surface area contributed by atoms with Gasteiger partial charge in [-0.3, -0.25) is 19.0 Å². The zero-order valence-electron chi connectivity index (χ0n) is 19.6. The van der Waals surface area contributed by atoms with E-state index >= 15 is 0 Å². The van der Waals surface area contributed by atoms with Crippen LogP contribution in [0.3, 0.4) is 0 Å². The third-order valence-corrected chi connectivity index (χ3v) is 5.47. The zero-order chi connectivity index (χ0) is 24.1. The molecular formula is C26H28N6O2. The van der Waals surface area contributed by atoms with Crippen LogP contribution in [-0.4, -0.2) is 39.8 Å². The first-order valence-electron chi connectivity index (χ1n) is 11.1. The summed E-state index contributed by atoms with van der Waals surface area (Å²) in [7, 11) is 2.00. The average molecular weight is 457 g/mol. The molecule has 0 aliphatic heterocycles. The van der Waals surface area contributed by atoms with Crippen LogP contribution in [0.5, 0.6) is 0 Å². The molecule has 8 heteroatoms. The fraction of sp³-hybridized carbons (Fsp3) is 0.231. The number of aromatic nitrogens is 3. The highest BCUT2D eigenvalue weighted by Gasteiger charge is 2.16. The molecule has 1 aromatic carbocycles. The quantitative estimate of drug-likeness (QED) is 0.423. The van der Waals surface area contributed by atoms with Gasteiger partial charge in [-0.2, -0.15) is 0 Å². The number of imidazole rings is 1. The molecule has 2 amide bonds. The lowest BCUT2D eigenvalue weighted by Gasteiger charge is -2.20. The van der Waals surface area contributed by atoms with Crippen LogP contribution in [-0.2, 0) is 17.8 Å². The molecule has 0 spiro atoms. The lowest BCUT2D eigenvalue weighted by Crippen LogP contribution is -2.26. The summed E-state index contributed by atoms with van der Waals surface area (Å²) in [5.74, 6) is 0.693. The molecule has 3 aromatic heterocycles. The predicted molar refractivity (Wildman–Crippen MR) is 133 cm³/mol. The number of fused-ring (bicyclic) bond motifs is 1. The molecule has 174 valence electrons. The Labute approximate surface area is 198 Å². The van der Waals surface area contributed by atoms with Gasteiger partial charge in [-0.1, -0.05) is 18.2 Å². The maximum atomic E-state index is 12.8. The number of benzene rings is 1. The van der Waals surface area contributed by atoms with Gasteiger partial charge in [-0.25, -0.2) is 4.98 Å². The van der Waals surface area contributed by atoms with E-state index in [1.165, 1.54) is 6.92 Å². The molecule has 0 atom stereocenters. The van der Waals surface area contributed by atoms with Gasteiger partial charge in [0.15, 0.2) is 0 Å². The monoisotopic (exact) mass is 456 g/mol. The van der Waals surface area contributed by atoms with E-state index in [1.54, 1.807) is 12.3 Å². The number of aryl methyl sites for hydroxylation is 1. The molecule has 0 aliphatic carbocycles. The Kier molecular flexibility index (Phi) is 6.87. The van der Waals surface area contributed by atoms with Crippen LogP contribution in [0.25, 0.3) is 5.65 Å². The second-order valence-electron chi connectivity index (χ2n) is 8.23. The Bertz CT molecular complexity index is 1300. The molecule has 3 heterocycles. The van der Waals surface area contributed by atoms with E-state index in [-0.39, 0.29) is 11.8 Å². The number of anilines is 2. The normalized spacial score (nSPS) is 10.8. The smallest absolute Gasteiger partial charge is 0.252 e.